The van der Waals surface area contributed by atoms with Gasteiger partial charge < -0.3 is 4.90 Å². The maximum absolute atomic E-state index is 12.8. The fourth-order valence-corrected chi connectivity index (χ4v) is 4.13. The summed E-state index contributed by atoms with van der Waals surface area (Å²) < 4.78 is 1.03. The van der Waals surface area contributed by atoms with Crippen molar-refractivity contribution < 1.29 is 4.79 Å². The van der Waals surface area contributed by atoms with Crippen molar-refractivity contribution in [3.8, 4) is 0 Å². The fourth-order valence-electron chi connectivity index (χ4n) is 3.90. The molecule has 2 nitrogen and oxygen atoms in total. The van der Waals surface area contributed by atoms with Crippen molar-refractivity contribution in [2.45, 2.75) is 58.9 Å². The monoisotopic (exact) mass is 325 g/mol. The van der Waals surface area contributed by atoms with Crippen LogP contribution >= 0.6 is 15.9 Å². The number of hydrogen-bond acceptors (Lipinski definition) is 1. The van der Waals surface area contributed by atoms with Gasteiger partial charge >= 0.3 is 0 Å². The van der Waals surface area contributed by atoms with Crippen LogP contribution in [0.25, 0.3) is 0 Å². The average molecular weight is 326 g/mol. The van der Waals surface area contributed by atoms with E-state index in [1.54, 1.807) is 0 Å². The molecule has 0 aromatic carbocycles. The quantitative estimate of drug-likeness (QED) is 0.752. The first-order valence-electron chi connectivity index (χ1n) is 7.34. The number of nitrogens with zero attached hydrogens (tertiary/aromatic N) is 1. The Morgan fingerprint density at radius 1 is 1.47 bits per heavy atom. The van der Waals surface area contributed by atoms with Crippen LogP contribution < -0.4 is 0 Å². The molecule has 1 saturated heterocycles. The lowest BCUT2D eigenvalue weighted by Gasteiger charge is -2.47. The minimum absolute atomic E-state index is 0.0155. The van der Waals surface area contributed by atoms with Gasteiger partial charge in [-0.3, -0.25) is 4.79 Å². The third-order valence-electron chi connectivity index (χ3n) is 4.65. The molecule has 0 radical (unpaired) electrons. The van der Waals surface area contributed by atoms with Crippen LogP contribution in [0, 0.1) is 5.92 Å². The second kappa shape index (κ2) is 5.43. The Morgan fingerprint density at radius 3 is 2.68 bits per heavy atom. The Hall–Kier alpha value is -0.570. The van der Waals surface area contributed by atoms with Crippen LogP contribution in [-0.2, 0) is 4.79 Å². The molecule has 1 unspecified atom stereocenters. The summed E-state index contributed by atoms with van der Waals surface area (Å²) in [5, 5.41) is 0. The Balaban J connectivity index is 2.60. The standard InChI is InChI=1S/C16H24BrNO/c1-5-14-13(10-12(4)17)15(19)18-9-7-6-8-16(14,18)11(2)3/h10-11H,5-9H2,1-4H3/b12-10+. The van der Waals surface area contributed by atoms with E-state index in [4.69, 9.17) is 0 Å². The van der Waals surface area contributed by atoms with Gasteiger partial charge in [-0.2, -0.15) is 0 Å². The molecule has 19 heavy (non-hydrogen) atoms. The number of fused-ring (bicyclic) bond motifs is 1. The molecule has 3 heteroatoms. The average Bonchev–Trinajstić information content (AvgIpc) is 2.60. The minimum Gasteiger partial charge on any atom is -0.329 e. The summed E-state index contributed by atoms with van der Waals surface area (Å²) in [6, 6.07) is 0. The van der Waals surface area contributed by atoms with Gasteiger partial charge in [0, 0.05) is 12.1 Å². The predicted octanol–water partition coefficient (Wildman–Crippen LogP) is 4.41. The summed E-state index contributed by atoms with van der Waals surface area (Å²) in [6.45, 7) is 9.61. The molecule has 1 atom stereocenters. The van der Waals surface area contributed by atoms with Crippen molar-refractivity contribution in [1.82, 2.24) is 4.90 Å². The first-order chi connectivity index (χ1) is 8.95. The topological polar surface area (TPSA) is 20.3 Å². The third-order valence-corrected chi connectivity index (χ3v) is 4.88. The molecule has 0 aliphatic carbocycles. The molecule has 2 rings (SSSR count). The molecular formula is C16H24BrNO. The Kier molecular flexibility index (Phi) is 4.24. The number of hydrogen-bond donors (Lipinski definition) is 0. The second-order valence-electron chi connectivity index (χ2n) is 5.97. The van der Waals surface area contributed by atoms with Crippen LogP contribution in [0.3, 0.4) is 0 Å². The van der Waals surface area contributed by atoms with E-state index in [0.717, 1.165) is 35.9 Å². The lowest BCUT2D eigenvalue weighted by atomic mass is 9.73. The minimum atomic E-state index is -0.0155. The maximum Gasteiger partial charge on any atom is 0.254 e. The highest BCUT2D eigenvalue weighted by Gasteiger charge is 2.52. The Bertz CT molecular complexity index is 446. The first kappa shape index (κ1) is 14.8. The largest absolute Gasteiger partial charge is 0.329 e. The molecule has 0 bridgehead atoms. The van der Waals surface area contributed by atoms with Crippen molar-refractivity contribution in [3.05, 3.63) is 21.7 Å². The van der Waals surface area contributed by atoms with Crippen LogP contribution in [0.2, 0.25) is 0 Å². The number of amides is 1. The number of piperidine rings is 1. The number of carbonyl (C=O) groups excluding carboxylic acids is 1. The molecule has 106 valence electrons. The fraction of sp³-hybridized carbons (Fsp3) is 0.688. The Labute approximate surface area is 125 Å². The van der Waals surface area contributed by atoms with Crippen molar-refractivity contribution in [1.29, 1.82) is 0 Å². The van der Waals surface area contributed by atoms with Crippen LogP contribution in [0.1, 0.15) is 53.4 Å². The van der Waals surface area contributed by atoms with Crippen molar-refractivity contribution in [3.63, 3.8) is 0 Å². The predicted molar refractivity (Wildman–Crippen MR) is 83.1 cm³/mol. The summed E-state index contributed by atoms with van der Waals surface area (Å²) in [4.78, 5) is 14.9. The van der Waals surface area contributed by atoms with Crippen LogP contribution in [0.15, 0.2) is 21.7 Å². The zero-order valence-corrected chi connectivity index (χ0v) is 14.0. The van der Waals surface area contributed by atoms with Gasteiger partial charge in [-0.05, 0) is 54.7 Å². The van der Waals surface area contributed by atoms with Gasteiger partial charge in [0.15, 0.2) is 0 Å². The molecular weight excluding hydrogens is 302 g/mol. The lowest BCUT2D eigenvalue weighted by molar-refractivity contribution is -0.132. The van der Waals surface area contributed by atoms with Crippen molar-refractivity contribution in [2.24, 2.45) is 5.92 Å². The number of rotatable bonds is 3. The van der Waals surface area contributed by atoms with Crippen molar-refractivity contribution >= 4 is 21.8 Å². The van der Waals surface area contributed by atoms with Gasteiger partial charge in [0.05, 0.1) is 5.54 Å². The summed E-state index contributed by atoms with van der Waals surface area (Å²) in [5.41, 5.74) is 2.27. The van der Waals surface area contributed by atoms with E-state index in [2.05, 4.69) is 41.6 Å². The van der Waals surface area contributed by atoms with Gasteiger partial charge in [0.25, 0.3) is 5.91 Å². The SMILES string of the molecule is CCC1=C(/C=C(\C)Br)C(=O)N2CCCCC12C(C)C. The summed E-state index contributed by atoms with van der Waals surface area (Å²) in [6.07, 6.45) is 6.48. The van der Waals surface area contributed by atoms with Gasteiger partial charge in [-0.15, -0.1) is 0 Å². The van der Waals surface area contributed by atoms with Gasteiger partial charge in [0.1, 0.15) is 0 Å². The molecule has 2 aliphatic heterocycles. The van der Waals surface area contributed by atoms with Crippen LogP contribution in [0.5, 0.6) is 0 Å². The van der Waals surface area contributed by atoms with E-state index in [9.17, 15) is 4.79 Å². The maximum atomic E-state index is 12.8. The molecule has 0 spiro atoms. The van der Waals surface area contributed by atoms with Gasteiger partial charge in [-0.1, -0.05) is 36.7 Å². The summed E-state index contributed by atoms with van der Waals surface area (Å²) in [5.74, 6) is 0.720. The highest BCUT2D eigenvalue weighted by atomic mass is 79.9. The van der Waals surface area contributed by atoms with E-state index in [1.807, 2.05) is 13.0 Å². The normalized spacial score (nSPS) is 28.4. The summed E-state index contributed by atoms with van der Waals surface area (Å²) in [7, 11) is 0. The van der Waals surface area contributed by atoms with Gasteiger partial charge in [-0.25, -0.2) is 0 Å². The first-order valence-corrected chi connectivity index (χ1v) is 8.13. The second-order valence-corrected chi connectivity index (χ2v) is 7.22. The molecule has 0 aromatic heterocycles. The third kappa shape index (κ3) is 2.20. The molecule has 2 heterocycles. The smallest absolute Gasteiger partial charge is 0.254 e. The lowest BCUT2D eigenvalue weighted by Crippen LogP contribution is -2.54. The molecule has 2 aliphatic rings. The van der Waals surface area contributed by atoms with E-state index < -0.39 is 0 Å². The summed E-state index contributed by atoms with van der Waals surface area (Å²) >= 11 is 3.48. The van der Waals surface area contributed by atoms with E-state index in [0.29, 0.717) is 5.92 Å². The van der Waals surface area contributed by atoms with Crippen LogP contribution in [-0.4, -0.2) is 22.9 Å². The zero-order valence-electron chi connectivity index (χ0n) is 12.4. The number of carbonyl (C=O) groups is 1. The van der Waals surface area contributed by atoms with Gasteiger partial charge in [0.2, 0.25) is 0 Å². The molecule has 1 fully saturated rings. The molecule has 0 saturated carbocycles. The van der Waals surface area contributed by atoms with E-state index >= 15 is 0 Å². The molecule has 1 amide bonds. The van der Waals surface area contributed by atoms with E-state index in [-0.39, 0.29) is 11.4 Å². The van der Waals surface area contributed by atoms with Crippen molar-refractivity contribution in [2.75, 3.05) is 6.54 Å². The highest BCUT2D eigenvalue weighted by molar-refractivity contribution is 9.11. The Morgan fingerprint density at radius 2 is 2.16 bits per heavy atom. The highest BCUT2D eigenvalue weighted by Crippen LogP contribution is 2.48. The molecule has 0 aromatic rings. The van der Waals surface area contributed by atoms with Crippen LogP contribution in [0.4, 0.5) is 0 Å². The number of allylic oxidation sites excluding steroid dienone is 1. The van der Waals surface area contributed by atoms with E-state index in [1.165, 1.54) is 12.0 Å². The number of halogens is 1. The molecule has 0 N–H and O–H groups in total. The zero-order chi connectivity index (χ0) is 14.2.